The minimum absolute atomic E-state index is 0.0932. The number of hydrogen-bond donors (Lipinski definition) is 1. The van der Waals surface area contributed by atoms with Crippen LogP contribution in [0, 0.1) is 0 Å². The second-order valence-electron chi connectivity index (χ2n) is 5.23. The Bertz CT molecular complexity index is 477. The van der Waals surface area contributed by atoms with Crippen molar-refractivity contribution in [3.63, 3.8) is 0 Å². The first kappa shape index (κ1) is 15.7. The lowest BCUT2D eigenvalue weighted by Crippen LogP contribution is -2.43. The van der Waals surface area contributed by atoms with Crippen LogP contribution in [0.3, 0.4) is 0 Å². The molecule has 1 aromatic heterocycles. The van der Waals surface area contributed by atoms with Gasteiger partial charge in [0, 0.05) is 23.3 Å². The highest BCUT2D eigenvalue weighted by molar-refractivity contribution is 9.10. The van der Waals surface area contributed by atoms with E-state index < -0.39 is 0 Å². The van der Waals surface area contributed by atoms with Gasteiger partial charge >= 0.3 is 0 Å². The zero-order chi connectivity index (χ0) is 14.5. The summed E-state index contributed by atoms with van der Waals surface area (Å²) in [4.78, 5) is 18.6. The maximum absolute atomic E-state index is 12.2. The topological polar surface area (TPSA) is 45.2 Å². The standard InChI is InChI=1S/C14H19BrClN3O/c1-10(9-19-5-3-2-4-6-19)18-14(20)12-7-11(15)8-17-13(12)16/h7-8,10H,2-6,9H2,1H3,(H,18,20). The number of nitrogens with zero attached hydrogens (tertiary/aromatic N) is 2. The van der Waals surface area contributed by atoms with Crippen LogP contribution in [0.25, 0.3) is 0 Å². The van der Waals surface area contributed by atoms with Gasteiger partial charge in [-0.2, -0.15) is 0 Å². The number of halogens is 2. The Balaban J connectivity index is 1.91. The van der Waals surface area contributed by atoms with Crippen molar-refractivity contribution in [1.29, 1.82) is 0 Å². The van der Waals surface area contributed by atoms with Crippen LogP contribution in [0.5, 0.6) is 0 Å². The summed E-state index contributed by atoms with van der Waals surface area (Å²) in [5.41, 5.74) is 0.409. The van der Waals surface area contributed by atoms with E-state index in [2.05, 4.69) is 31.1 Å². The molecule has 2 rings (SSSR count). The molecule has 0 radical (unpaired) electrons. The van der Waals surface area contributed by atoms with Gasteiger partial charge in [0.2, 0.25) is 0 Å². The number of likely N-dealkylation sites (tertiary alicyclic amines) is 1. The van der Waals surface area contributed by atoms with Crippen LogP contribution >= 0.6 is 27.5 Å². The lowest BCUT2D eigenvalue weighted by Gasteiger charge is -2.29. The molecule has 1 unspecified atom stereocenters. The maximum Gasteiger partial charge on any atom is 0.254 e. The largest absolute Gasteiger partial charge is 0.348 e. The summed E-state index contributed by atoms with van der Waals surface area (Å²) in [6, 6.07) is 1.79. The van der Waals surface area contributed by atoms with Gasteiger partial charge in [-0.1, -0.05) is 18.0 Å². The van der Waals surface area contributed by atoms with Crippen LogP contribution < -0.4 is 5.32 Å². The Hall–Kier alpha value is -0.650. The summed E-state index contributed by atoms with van der Waals surface area (Å²) in [6.07, 6.45) is 5.40. The van der Waals surface area contributed by atoms with E-state index in [-0.39, 0.29) is 17.1 Å². The monoisotopic (exact) mass is 359 g/mol. The van der Waals surface area contributed by atoms with Crippen LogP contribution in [0.4, 0.5) is 0 Å². The van der Waals surface area contributed by atoms with E-state index in [4.69, 9.17) is 11.6 Å². The number of hydrogen-bond acceptors (Lipinski definition) is 3. The van der Waals surface area contributed by atoms with E-state index >= 15 is 0 Å². The van der Waals surface area contributed by atoms with Gasteiger partial charge in [-0.25, -0.2) is 4.98 Å². The van der Waals surface area contributed by atoms with Crippen molar-refractivity contribution in [2.45, 2.75) is 32.2 Å². The summed E-state index contributed by atoms with van der Waals surface area (Å²) in [7, 11) is 0. The molecule has 1 aliphatic heterocycles. The van der Waals surface area contributed by atoms with Gasteiger partial charge in [0.05, 0.1) is 5.56 Å². The van der Waals surface area contributed by atoms with Gasteiger partial charge in [-0.05, 0) is 54.9 Å². The zero-order valence-corrected chi connectivity index (χ0v) is 13.9. The molecule has 2 heterocycles. The number of amides is 1. The zero-order valence-electron chi connectivity index (χ0n) is 11.5. The molecule has 1 amide bonds. The molecule has 0 bridgehead atoms. The molecule has 4 nitrogen and oxygen atoms in total. The molecule has 0 aromatic carbocycles. The van der Waals surface area contributed by atoms with E-state index in [9.17, 15) is 4.79 Å². The summed E-state index contributed by atoms with van der Waals surface area (Å²) >= 11 is 9.26. The van der Waals surface area contributed by atoms with Crippen LogP contribution in [0.2, 0.25) is 5.15 Å². The van der Waals surface area contributed by atoms with Crippen LogP contribution in [-0.4, -0.2) is 41.5 Å². The predicted octanol–water partition coefficient (Wildman–Crippen LogP) is 3.10. The van der Waals surface area contributed by atoms with Crippen molar-refractivity contribution in [2.24, 2.45) is 0 Å². The van der Waals surface area contributed by atoms with E-state index in [1.165, 1.54) is 19.3 Å². The van der Waals surface area contributed by atoms with E-state index in [0.29, 0.717) is 5.56 Å². The smallest absolute Gasteiger partial charge is 0.254 e. The molecule has 110 valence electrons. The number of rotatable bonds is 4. The van der Waals surface area contributed by atoms with Gasteiger partial charge in [0.25, 0.3) is 5.91 Å². The molecular weight excluding hydrogens is 342 g/mol. The maximum atomic E-state index is 12.2. The summed E-state index contributed by atoms with van der Waals surface area (Å²) in [6.45, 7) is 5.15. The molecule has 1 aromatic rings. The second kappa shape index (κ2) is 7.38. The molecule has 0 aliphatic carbocycles. The first-order chi connectivity index (χ1) is 9.56. The Morgan fingerprint density at radius 3 is 2.90 bits per heavy atom. The Morgan fingerprint density at radius 1 is 1.50 bits per heavy atom. The number of aromatic nitrogens is 1. The lowest BCUT2D eigenvalue weighted by molar-refractivity contribution is 0.0925. The van der Waals surface area contributed by atoms with Crippen molar-refractivity contribution in [3.05, 3.63) is 27.5 Å². The first-order valence-corrected chi connectivity index (χ1v) is 8.07. The van der Waals surface area contributed by atoms with Crippen LogP contribution in [0.1, 0.15) is 36.5 Å². The van der Waals surface area contributed by atoms with Gasteiger partial charge in [-0.3, -0.25) is 4.79 Å². The quantitative estimate of drug-likeness (QED) is 0.839. The molecule has 20 heavy (non-hydrogen) atoms. The Kier molecular flexibility index (Phi) is 5.81. The highest BCUT2D eigenvalue weighted by atomic mass is 79.9. The van der Waals surface area contributed by atoms with Crippen LogP contribution in [-0.2, 0) is 0 Å². The number of piperidine rings is 1. The minimum Gasteiger partial charge on any atom is -0.348 e. The average molecular weight is 361 g/mol. The van der Waals surface area contributed by atoms with Crippen LogP contribution in [0.15, 0.2) is 16.7 Å². The number of carbonyl (C=O) groups is 1. The van der Waals surface area contributed by atoms with Gasteiger partial charge in [0.1, 0.15) is 5.15 Å². The van der Waals surface area contributed by atoms with Crippen molar-refractivity contribution in [2.75, 3.05) is 19.6 Å². The third-order valence-corrected chi connectivity index (χ3v) is 4.14. The number of carbonyl (C=O) groups excluding carboxylic acids is 1. The highest BCUT2D eigenvalue weighted by Crippen LogP contribution is 2.18. The summed E-state index contributed by atoms with van der Waals surface area (Å²) in [5.74, 6) is -0.173. The molecule has 0 saturated carbocycles. The normalized spacial score (nSPS) is 17.8. The van der Waals surface area contributed by atoms with Crippen molar-refractivity contribution in [1.82, 2.24) is 15.2 Å². The van der Waals surface area contributed by atoms with Gasteiger partial charge in [-0.15, -0.1) is 0 Å². The molecular formula is C14H19BrClN3O. The third kappa shape index (κ3) is 4.43. The summed E-state index contributed by atoms with van der Waals surface area (Å²) in [5, 5.41) is 3.22. The molecule has 1 saturated heterocycles. The highest BCUT2D eigenvalue weighted by Gasteiger charge is 2.17. The van der Waals surface area contributed by atoms with E-state index in [1.807, 2.05) is 6.92 Å². The molecule has 1 fully saturated rings. The van der Waals surface area contributed by atoms with Crippen molar-refractivity contribution < 1.29 is 4.79 Å². The van der Waals surface area contributed by atoms with E-state index in [1.54, 1.807) is 12.3 Å². The van der Waals surface area contributed by atoms with Crippen molar-refractivity contribution >= 4 is 33.4 Å². The Labute approximate surface area is 133 Å². The molecule has 1 atom stereocenters. The molecule has 0 spiro atoms. The lowest BCUT2D eigenvalue weighted by atomic mass is 10.1. The van der Waals surface area contributed by atoms with Gasteiger partial charge in [0.15, 0.2) is 0 Å². The van der Waals surface area contributed by atoms with Gasteiger partial charge < -0.3 is 10.2 Å². The fraction of sp³-hybridized carbons (Fsp3) is 0.571. The minimum atomic E-state index is -0.173. The Morgan fingerprint density at radius 2 is 2.20 bits per heavy atom. The number of pyridine rings is 1. The predicted molar refractivity (Wildman–Crippen MR) is 84.2 cm³/mol. The molecule has 1 N–H and O–H groups in total. The first-order valence-electron chi connectivity index (χ1n) is 6.90. The van der Waals surface area contributed by atoms with E-state index in [0.717, 1.165) is 24.1 Å². The molecule has 1 aliphatic rings. The third-order valence-electron chi connectivity index (χ3n) is 3.41. The fourth-order valence-electron chi connectivity index (χ4n) is 2.46. The van der Waals surface area contributed by atoms with Crippen molar-refractivity contribution in [3.8, 4) is 0 Å². The second-order valence-corrected chi connectivity index (χ2v) is 6.50. The number of nitrogens with one attached hydrogen (secondary N) is 1. The average Bonchev–Trinajstić information content (AvgIpc) is 2.42. The summed E-state index contributed by atoms with van der Waals surface area (Å²) < 4.78 is 0.746. The fourth-order valence-corrected chi connectivity index (χ4v) is 2.98. The SMILES string of the molecule is CC(CN1CCCCC1)NC(=O)c1cc(Br)cnc1Cl. The molecule has 6 heteroatoms.